The van der Waals surface area contributed by atoms with Gasteiger partial charge in [0.05, 0.1) is 19.8 Å². The maximum absolute atomic E-state index is 5.41. The molecule has 2 heteroatoms. The van der Waals surface area contributed by atoms with E-state index in [1.807, 2.05) is 54.6 Å². The predicted molar refractivity (Wildman–Crippen MR) is 97.4 cm³/mol. The van der Waals surface area contributed by atoms with Crippen LogP contribution in [0, 0.1) is 11.8 Å². The molecule has 2 nitrogen and oxygen atoms in total. The molecule has 0 aliphatic rings. The number of hydrogen-bond acceptors (Lipinski definition) is 2. The molecular formula is C22H18O2. The molecule has 0 heterocycles. The van der Waals surface area contributed by atoms with Crippen molar-refractivity contribution in [2.45, 2.75) is 0 Å². The molecule has 3 aromatic carbocycles. The van der Waals surface area contributed by atoms with Gasteiger partial charge < -0.3 is 9.47 Å². The molecule has 0 unspecified atom stereocenters. The van der Waals surface area contributed by atoms with E-state index in [1.165, 1.54) is 0 Å². The SMILES string of the molecule is COc1ccc(C#Cc2ccccc2-c2ccccc2)c(OC)c1. The fourth-order valence-corrected chi connectivity index (χ4v) is 2.50. The minimum Gasteiger partial charge on any atom is -0.497 e. The lowest BCUT2D eigenvalue weighted by molar-refractivity contribution is 0.393. The standard InChI is InChI=1S/C22H18O2/c1-23-20-15-14-19(22(16-20)24-2)13-12-18-10-6-7-11-21(18)17-8-4-3-5-9-17/h3-11,14-16H,1-2H3. The zero-order valence-electron chi connectivity index (χ0n) is 13.7. The van der Waals surface area contributed by atoms with Gasteiger partial charge in [0.15, 0.2) is 0 Å². The molecular weight excluding hydrogens is 296 g/mol. The summed E-state index contributed by atoms with van der Waals surface area (Å²) in [6.45, 7) is 0. The fraction of sp³-hybridized carbons (Fsp3) is 0.0909. The summed E-state index contributed by atoms with van der Waals surface area (Å²) in [6, 6.07) is 24.1. The number of rotatable bonds is 3. The Labute approximate surface area is 142 Å². The smallest absolute Gasteiger partial charge is 0.138 e. The summed E-state index contributed by atoms with van der Waals surface area (Å²) >= 11 is 0. The van der Waals surface area contributed by atoms with E-state index >= 15 is 0 Å². The summed E-state index contributed by atoms with van der Waals surface area (Å²) in [4.78, 5) is 0. The summed E-state index contributed by atoms with van der Waals surface area (Å²) in [7, 11) is 3.27. The molecule has 3 rings (SSSR count). The van der Waals surface area contributed by atoms with Gasteiger partial charge in [-0.2, -0.15) is 0 Å². The highest BCUT2D eigenvalue weighted by Crippen LogP contribution is 2.25. The van der Waals surface area contributed by atoms with Crippen molar-refractivity contribution in [1.29, 1.82) is 0 Å². The Hall–Kier alpha value is -3.18. The van der Waals surface area contributed by atoms with Gasteiger partial charge in [-0.1, -0.05) is 60.4 Å². The molecule has 3 aromatic rings. The first kappa shape index (κ1) is 15.7. The third-order valence-electron chi connectivity index (χ3n) is 3.75. The minimum absolute atomic E-state index is 0.707. The second kappa shape index (κ2) is 7.39. The van der Waals surface area contributed by atoms with Gasteiger partial charge in [0.2, 0.25) is 0 Å². The molecule has 0 aliphatic carbocycles. The Morgan fingerprint density at radius 3 is 2.12 bits per heavy atom. The van der Waals surface area contributed by atoms with Crippen molar-refractivity contribution in [3.05, 3.63) is 83.9 Å². The number of ether oxygens (including phenoxy) is 2. The van der Waals surface area contributed by atoms with Gasteiger partial charge in [-0.25, -0.2) is 0 Å². The van der Waals surface area contributed by atoms with Gasteiger partial charge in [0.25, 0.3) is 0 Å². The lowest BCUT2D eigenvalue weighted by Gasteiger charge is -2.06. The molecule has 0 aromatic heterocycles. The second-order valence-corrected chi connectivity index (χ2v) is 5.23. The average molecular weight is 314 g/mol. The van der Waals surface area contributed by atoms with Crippen molar-refractivity contribution in [2.24, 2.45) is 0 Å². The summed E-state index contributed by atoms with van der Waals surface area (Å²) in [5.74, 6) is 7.94. The Morgan fingerprint density at radius 1 is 0.667 bits per heavy atom. The predicted octanol–water partition coefficient (Wildman–Crippen LogP) is 4.77. The van der Waals surface area contributed by atoms with E-state index in [0.29, 0.717) is 5.75 Å². The Kier molecular flexibility index (Phi) is 4.84. The highest BCUT2D eigenvalue weighted by Gasteiger charge is 2.04. The quantitative estimate of drug-likeness (QED) is 0.648. The molecule has 0 aliphatic heterocycles. The van der Waals surface area contributed by atoms with Crippen LogP contribution in [0.1, 0.15) is 11.1 Å². The highest BCUT2D eigenvalue weighted by atomic mass is 16.5. The van der Waals surface area contributed by atoms with Crippen molar-refractivity contribution < 1.29 is 9.47 Å². The minimum atomic E-state index is 0.707. The molecule has 0 saturated heterocycles. The maximum Gasteiger partial charge on any atom is 0.138 e. The van der Waals surface area contributed by atoms with Crippen LogP contribution in [0.15, 0.2) is 72.8 Å². The number of methoxy groups -OCH3 is 2. The molecule has 0 bridgehead atoms. The molecule has 0 N–H and O–H groups in total. The molecule has 24 heavy (non-hydrogen) atoms. The van der Waals surface area contributed by atoms with Crippen LogP contribution in [0.2, 0.25) is 0 Å². The molecule has 0 saturated carbocycles. The highest BCUT2D eigenvalue weighted by molar-refractivity contribution is 5.71. The van der Waals surface area contributed by atoms with Crippen molar-refractivity contribution in [3.8, 4) is 34.5 Å². The molecule has 0 radical (unpaired) electrons. The van der Waals surface area contributed by atoms with E-state index in [-0.39, 0.29) is 0 Å². The Bertz CT molecular complexity index is 887. The molecule has 0 spiro atoms. The third kappa shape index (κ3) is 3.42. The van der Waals surface area contributed by atoms with Gasteiger partial charge in [-0.3, -0.25) is 0 Å². The molecule has 0 fully saturated rings. The number of hydrogen-bond donors (Lipinski definition) is 0. The van der Waals surface area contributed by atoms with Crippen molar-refractivity contribution in [2.75, 3.05) is 14.2 Å². The molecule has 0 atom stereocenters. The van der Waals surface area contributed by atoms with Crippen molar-refractivity contribution in [1.82, 2.24) is 0 Å². The van der Waals surface area contributed by atoms with E-state index in [1.54, 1.807) is 14.2 Å². The zero-order chi connectivity index (χ0) is 16.8. The molecule has 0 amide bonds. The van der Waals surface area contributed by atoms with Gasteiger partial charge in [0, 0.05) is 11.6 Å². The first-order valence-electron chi connectivity index (χ1n) is 7.70. The van der Waals surface area contributed by atoms with E-state index in [0.717, 1.165) is 28.0 Å². The largest absolute Gasteiger partial charge is 0.497 e. The normalized spacial score (nSPS) is 9.75. The van der Waals surface area contributed by atoms with Crippen LogP contribution in [-0.4, -0.2) is 14.2 Å². The summed E-state index contributed by atoms with van der Waals surface area (Å²) < 4.78 is 10.6. The van der Waals surface area contributed by atoms with Crippen LogP contribution < -0.4 is 9.47 Å². The monoisotopic (exact) mass is 314 g/mol. The Morgan fingerprint density at radius 2 is 1.38 bits per heavy atom. The average Bonchev–Trinajstić information content (AvgIpc) is 2.67. The maximum atomic E-state index is 5.41. The summed E-state index contributed by atoms with van der Waals surface area (Å²) in [6.07, 6.45) is 0. The molecule has 118 valence electrons. The van der Waals surface area contributed by atoms with E-state index in [4.69, 9.17) is 9.47 Å². The topological polar surface area (TPSA) is 18.5 Å². The van der Waals surface area contributed by atoms with Gasteiger partial charge in [-0.15, -0.1) is 0 Å². The summed E-state index contributed by atoms with van der Waals surface area (Å²) in [5.41, 5.74) is 4.10. The fourth-order valence-electron chi connectivity index (χ4n) is 2.50. The van der Waals surface area contributed by atoms with Crippen LogP contribution in [0.5, 0.6) is 11.5 Å². The van der Waals surface area contributed by atoms with E-state index < -0.39 is 0 Å². The van der Waals surface area contributed by atoms with Gasteiger partial charge >= 0.3 is 0 Å². The van der Waals surface area contributed by atoms with E-state index in [9.17, 15) is 0 Å². The van der Waals surface area contributed by atoms with Crippen LogP contribution in [0.25, 0.3) is 11.1 Å². The zero-order valence-corrected chi connectivity index (χ0v) is 13.7. The second-order valence-electron chi connectivity index (χ2n) is 5.23. The first-order chi connectivity index (χ1) is 11.8. The van der Waals surface area contributed by atoms with Crippen molar-refractivity contribution in [3.63, 3.8) is 0 Å². The lowest BCUT2D eigenvalue weighted by atomic mass is 10.00. The number of benzene rings is 3. The first-order valence-corrected chi connectivity index (χ1v) is 7.70. The summed E-state index contributed by atoms with van der Waals surface area (Å²) in [5, 5.41) is 0. The lowest BCUT2D eigenvalue weighted by Crippen LogP contribution is -1.90. The van der Waals surface area contributed by atoms with Crippen LogP contribution in [0.4, 0.5) is 0 Å². The van der Waals surface area contributed by atoms with Gasteiger partial charge in [-0.05, 0) is 29.3 Å². The Balaban J connectivity index is 2.01. The van der Waals surface area contributed by atoms with E-state index in [2.05, 4.69) is 30.0 Å². The van der Waals surface area contributed by atoms with Crippen molar-refractivity contribution >= 4 is 0 Å². The van der Waals surface area contributed by atoms with Crippen LogP contribution in [-0.2, 0) is 0 Å². The third-order valence-corrected chi connectivity index (χ3v) is 3.75. The van der Waals surface area contributed by atoms with Crippen LogP contribution >= 0.6 is 0 Å². The van der Waals surface area contributed by atoms with Gasteiger partial charge in [0.1, 0.15) is 11.5 Å². The van der Waals surface area contributed by atoms with Crippen LogP contribution in [0.3, 0.4) is 0 Å².